The highest BCUT2D eigenvalue weighted by Crippen LogP contribution is 2.36. The Balaban J connectivity index is 1.50. The predicted molar refractivity (Wildman–Crippen MR) is 108 cm³/mol. The van der Waals surface area contributed by atoms with E-state index >= 15 is 0 Å². The van der Waals surface area contributed by atoms with E-state index in [0.717, 1.165) is 16.4 Å². The van der Waals surface area contributed by atoms with Gasteiger partial charge in [0.2, 0.25) is 11.8 Å². The van der Waals surface area contributed by atoms with Crippen molar-refractivity contribution in [1.29, 1.82) is 0 Å². The Morgan fingerprint density at radius 1 is 1.07 bits per heavy atom. The monoisotopic (exact) mass is 381 g/mol. The van der Waals surface area contributed by atoms with E-state index in [9.17, 15) is 9.59 Å². The first kappa shape index (κ1) is 18.3. The lowest BCUT2D eigenvalue weighted by Crippen LogP contribution is -2.49. The number of piperazine rings is 1. The molecule has 0 unspecified atom stereocenters. The third-order valence-corrected chi connectivity index (χ3v) is 5.16. The van der Waals surface area contributed by atoms with Crippen molar-refractivity contribution in [3.8, 4) is 5.75 Å². The average molecular weight is 381 g/mol. The topological polar surface area (TPSA) is 75.0 Å². The van der Waals surface area contributed by atoms with Gasteiger partial charge < -0.3 is 19.4 Å². The summed E-state index contributed by atoms with van der Waals surface area (Å²) < 4.78 is 11.4. The molecule has 1 N–H and O–H groups in total. The summed E-state index contributed by atoms with van der Waals surface area (Å²) in [6.07, 6.45) is 0. The van der Waals surface area contributed by atoms with Crippen molar-refractivity contribution < 1.29 is 18.7 Å². The summed E-state index contributed by atoms with van der Waals surface area (Å²) in [4.78, 5) is 27.8. The molecule has 0 aliphatic carbocycles. The predicted octanol–water partition coefficient (Wildman–Crippen LogP) is 2.70. The van der Waals surface area contributed by atoms with E-state index in [1.807, 2.05) is 35.2 Å². The summed E-state index contributed by atoms with van der Waals surface area (Å²) in [7, 11) is 1.58. The van der Waals surface area contributed by atoms with Gasteiger partial charge in [0.25, 0.3) is 0 Å². The fourth-order valence-electron chi connectivity index (χ4n) is 3.63. The lowest BCUT2D eigenvalue weighted by molar-refractivity contribution is -0.130. The number of rotatable bonds is 4. The Kier molecular flexibility index (Phi) is 4.92. The summed E-state index contributed by atoms with van der Waals surface area (Å²) in [5.74, 6) is 0.548. The molecule has 0 radical (unpaired) electrons. The maximum Gasteiger partial charge on any atom is 0.238 e. The third-order valence-electron chi connectivity index (χ3n) is 5.16. The number of nitrogens with one attached hydrogen (secondary N) is 1. The standard InChI is InChI=1S/C21H23N3O4/c1-14(25)24-9-7-23(8-10-24)13-21(26)22-17-12-19-16(11-20(17)27-2)15-5-3-4-6-18(15)28-19/h3-6,11-12H,7-10,13H2,1-2H3,(H,22,26). The normalized spacial score (nSPS) is 15.1. The Morgan fingerprint density at radius 2 is 1.82 bits per heavy atom. The fraction of sp³-hybridized carbons (Fsp3) is 0.333. The van der Waals surface area contributed by atoms with Crippen LogP contribution in [0, 0.1) is 0 Å². The molecule has 0 spiro atoms. The lowest BCUT2D eigenvalue weighted by atomic mass is 10.1. The Bertz CT molecular complexity index is 1030. The SMILES string of the molecule is COc1cc2c(cc1NC(=O)CN1CCN(C(C)=O)CC1)oc1ccccc12. The number of anilines is 1. The molecule has 2 aromatic carbocycles. The van der Waals surface area contributed by atoms with Crippen molar-refractivity contribution in [1.82, 2.24) is 9.80 Å². The number of carbonyl (C=O) groups excluding carboxylic acids is 2. The number of methoxy groups -OCH3 is 1. The Hall–Kier alpha value is -3.06. The van der Waals surface area contributed by atoms with Crippen LogP contribution in [0.15, 0.2) is 40.8 Å². The number of carbonyl (C=O) groups is 2. The molecule has 2 amide bonds. The van der Waals surface area contributed by atoms with Crippen molar-refractivity contribution in [3.63, 3.8) is 0 Å². The van der Waals surface area contributed by atoms with Crippen LogP contribution in [0.3, 0.4) is 0 Å². The van der Waals surface area contributed by atoms with Gasteiger partial charge in [-0.15, -0.1) is 0 Å². The number of benzene rings is 2. The van der Waals surface area contributed by atoms with E-state index < -0.39 is 0 Å². The molecule has 4 rings (SSSR count). The van der Waals surface area contributed by atoms with Crippen molar-refractivity contribution in [2.24, 2.45) is 0 Å². The molecule has 7 nitrogen and oxygen atoms in total. The largest absolute Gasteiger partial charge is 0.495 e. The van der Waals surface area contributed by atoms with Gasteiger partial charge in [0.15, 0.2) is 0 Å². The van der Waals surface area contributed by atoms with Crippen LogP contribution in [0.25, 0.3) is 21.9 Å². The van der Waals surface area contributed by atoms with Crippen LogP contribution in [0.4, 0.5) is 5.69 Å². The molecule has 1 aromatic heterocycles. The number of para-hydroxylation sites is 1. The number of hydrogen-bond acceptors (Lipinski definition) is 5. The minimum atomic E-state index is -0.120. The molecule has 28 heavy (non-hydrogen) atoms. The zero-order valence-corrected chi connectivity index (χ0v) is 16.0. The van der Waals surface area contributed by atoms with Gasteiger partial charge in [0, 0.05) is 49.9 Å². The van der Waals surface area contributed by atoms with Crippen LogP contribution in [0.2, 0.25) is 0 Å². The molecule has 3 aromatic rings. The molecular formula is C21H23N3O4. The van der Waals surface area contributed by atoms with E-state index in [2.05, 4.69) is 5.32 Å². The third kappa shape index (κ3) is 3.53. The van der Waals surface area contributed by atoms with Crippen LogP contribution in [-0.2, 0) is 9.59 Å². The molecule has 1 saturated heterocycles. The molecule has 0 saturated carbocycles. The first-order valence-corrected chi connectivity index (χ1v) is 9.32. The van der Waals surface area contributed by atoms with Crippen molar-refractivity contribution in [2.75, 3.05) is 45.2 Å². The van der Waals surface area contributed by atoms with Crippen molar-refractivity contribution in [2.45, 2.75) is 6.92 Å². The molecular weight excluding hydrogens is 358 g/mol. The number of amides is 2. The summed E-state index contributed by atoms with van der Waals surface area (Å²) in [6, 6.07) is 11.5. The second-order valence-electron chi connectivity index (χ2n) is 6.98. The van der Waals surface area contributed by atoms with Crippen LogP contribution in [0.5, 0.6) is 5.75 Å². The van der Waals surface area contributed by atoms with Crippen LogP contribution >= 0.6 is 0 Å². The van der Waals surface area contributed by atoms with E-state index in [-0.39, 0.29) is 18.4 Å². The smallest absolute Gasteiger partial charge is 0.238 e. The lowest BCUT2D eigenvalue weighted by Gasteiger charge is -2.33. The Labute approximate surface area is 162 Å². The van der Waals surface area contributed by atoms with E-state index in [1.54, 1.807) is 25.0 Å². The molecule has 1 aliphatic rings. The molecule has 1 fully saturated rings. The van der Waals surface area contributed by atoms with Gasteiger partial charge in [0.1, 0.15) is 16.9 Å². The van der Waals surface area contributed by atoms with Crippen molar-refractivity contribution in [3.05, 3.63) is 36.4 Å². The van der Waals surface area contributed by atoms with Crippen molar-refractivity contribution >= 4 is 39.4 Å². The summed E-state index contributed by atoms with van der Waals surface area (Å²) in [6.45, 7) is 4.52. The average Bonchev–Trinajstić information content (AvgIpc) is 3.05. The summed E-state index contributed by atoms with van der Waals surface area (Å²) in [5, 5.41) is 4.89. The number of fused-ring (bicyclic) bond motifs is 3. The first-order chi connectivity index (χ1) is 13.5. The highest BCUT2D eigenvalue weighted by Gasteiger charge is 2.21. The minimum absolute atomic E-state index is 0.0768. The highest BCUT2D eigenvalue weighted by atomic mass is 16.5. The number of nitrogens with zero attached hydrogens (tertiary/aromatic N) is 2. The molecule has 0 atom stereocenters. The zero-order valence-electron chi connectivity index (χ0n) is 16.0. The minimum Gasteiger partial charge on any atom is -0.495 e. The first-order valence-electron chi connectivity index (χ1n) is 9.32. The second kappa shape index (κ2) is 7.52. The maximum atomic E-state index is 12.6. The number of hydrogen-bond donors (Lipinski definition) is 1. The molecule has 7 heteroatoms. The van der Waals surface area contributed by atoms with Crippen LogP contribution in [-0.4, -0.2) is 61.4 Å². The molecule has 146 valence electrons. The van der Waals surface area contributed by atoms with E-state index in [0.29, 0.717) is 43.2 Å². The molecule has 1 aliphatic heterocycles. The van der Waals surface area contributed by atoms with Gasteiger partial charge in [-0.1, -0.05) is 18.2 Å². The van der Waals surface area contributed by atoms with Crippen LogP contribution < -0.4 is 10.1 Å². The highest BCUT2D eigenvalue weighted by molar-refractivity contribution is 6.07. The zero-order chi connectivity index (χ0) is 19.7. The summed E-state index contributed by atoms with van der Waals surface area (Å²) >= 11 is 0. The number of furan rings is 1. The van der Waals surface area contributed by atoms with E-state index in [1.165, 1.54) is 0 Å². The molecule has 0 bridgehead atoms. The fourth-order valence-corrected chi connectivity index (χ4v) is 3.63. The number of ether oxygens (including phenoxy) is 1. The Morgan fingerprint density at radius 3 is 2.54 bits per heavy atom. The van der Waals surface area contributed by atoms with Crippen LogP contribution in [0.1, 0.15) is 6.92 Å². The second-order valence-corrected chi connectivity index (χ2v) is 6.98. The van der Waals surface area contributed by atoms with Gasteiger partial charge >= 0.3 is 0 Å². The van der Waals surface area contributed by atoms with Gasteiger partial charge in [-0.05, 0) is 12.1 Å². The summed E-state index contributed by atoms with van der Waals surface area (Å²) in [5.41, 5.74) is 2.08. The van der Waals surface area contributed by atoms with Gasteiger partial charge in [-0.2, -0.15) is 0 Å². The quantitative estimate of drug-likeness (QED) is 0.752. The van der Waals surface area contributed by atoms with E-state index in [4.69, 9.17) is 9.15 Å². The molecule has 2 heterocycles. The van der Waals surface area contributed by atoms with Gasteiger partial charge in [-0.25, -0.2) is 0 Å². The van der Waals surface area contributed by atoms with Gasteiger partial charge in [-0.3, -0.25) is 14.5 Å². The maximum absolute atomic E-state index is 12.6. The van der Waals surface area contributed by atoms with Gasteiger partial charge in [0.05, 0.1) is 19.3 Å².